The molecule has 26 heavy (non-hydrogen) atoms. The fraction of sp³-hybridized carbons (Fsp3) is 0.368. The molecule has 0 saturated heterocycles. The van der Waals surface area contributed by atoms with Gasteiger partial charge in [0, 0.05) is 37.5 Å². The number of hydrogen-bond donors (Lipinski definition) is 2. The van der Waals surface area contributed by atoms with Gasteiger partial charge in [-0.2, -0.15) is 0 Å². The number of ether oxygens (including phenoxy) is 1. The fourth-order valence-electron chi connectivity index (χ4n) is 2.93. The molecule has 1 fully saturated rings. The molecule has 1 aliphatic rings. The zero-order valence-corrected chi connectivity index (χ0v) is 17.1. The Bertz CT molecular complexity index is 735. The molecule has 1 aliphatic carbocycles. The standard InChI is InChI=1S/C19H23FN4O.HI/c1-21-19(24-16-8-2-3-9-16)23-13-14-6-5-11-22-18(14)25-17-10-4-7-15(20)12-17;/h4-7,10-12,16H,2-3,8-9,13H2,1H3,(H2,21,23,24);1H. The summed E-state index contributed by atoms with van der Waals surface area (Å²) in [5.41, 5.74) is 0.876. The molecular formula is C19H24FIN4O. The molecular weight excluding hydrogens is 446 g/mol. The van der Waals surface area contributed by atoms with Crippen molar-refractivity contribution >= 4 is 29.9 Å². The Labute approximate surface area is 170 Å². The molecule has 1 aromatic carbocycles. The van der Waals surface area contributed by atoms with Gasteiger partial charge in [0.1, 0.15) is 11.6 Å². The molecule has 7 heteroatoms. The normalized spacial score (nSPS) is 14.6. The summed E-state index contributed by atoms with van der Waals surface area (Å²) in [5.74, 6) is 1.31. The Morgan fingerprint density at radius 1 is 1.27 bits per heavy atom. The first kappa shape index (κ1) is 20.4. The van der Waals surface area contributed by atoms with Gasteiger partial charge in [-0.05, 0) is 31.0 Å². The molecule has 0 aliphatic heterocycles. The van der Waals surface area contributed by atoms with Crippen LogP contribution in [0.2, 0.25) is 0 Å². The molecule has 0 radical (unpaired) electrons. The van der Waals surface area contributed by atoms with Crippen LogP contribution in [0.3, 0.4) is 0 Å². The second kappa shape index (κ2) is 10.3. The number of aliphatic imine (C=N–C) groups is 1. The molecule has 2 aromatic rings. The highest BCUT2D eigenvalue weighted by Gasteiger charge is 2.16. The zero-order valence-electron chi connectivity index (χ0n) is 14.7. The Balaban J connectivity index is 0.00000243. The van der Waals surface area contributed by atoms with Crippen molar-refractivity contribution in [1.29, 1.82) is 0 Å². The number of pyridine rings is 1. The van der Waals surface area contributed by atoms with Crippen LogP contribution in [0.25, 0.3) is 0 Å². The van der Waals surface area contributed by atoms with Crippen LogP contribution in [-0.4, -0.2) is 24.0 Å². The molecule has 0 spiro atoms. The van der Waals surface area contributed by atoms with E-state index in [1.54, 1.807) is 25.4 Å². The van der Waals surface area contributed by atoms with Crippen molar-refractivity contribution in [3.8, 4) is 11.6 Å². The lowest BCUT2D eigenvalue weighted by Crippen LogP contribution is -2.42. The van der Waals surface area contributed by atoms with E-state index in [1.165, 1.54) is 37.8 Å². The summed E-state index contributed by atoms with van der Waals surface area (Å²) < 4.78 is 19.1. The largest absolute Gasteiger partial charge is 0.439 e. The summed E-state index contributed by atoms with van der Waals surface area (Å²) in [5, 5.41) is 6.74. The van der Waals surface area contributed by atoms with E-state index < -0.39 is 0 Å². The van der Waals surface area contributed by atoms with Crippen molar-refractivity contribution in [2.45, 2.75) is 38.3 Å². The minimum absolute atomic E-state index is 0. The van der Waals surface area contributed by atoms with Crippen molar-refractivity contribution in [1.82, 2.24) is 15.6 Å². The average Bonchev–Trinajstić information content (AvgIpc) is 3.13. The fourth-order valence-corrected chi connectivity index (χ4v) is 2.93. The van der Waals surface area contributed by atoms with Crippen LogP contribution in [0, 0.1) is 5.82 Å². The van der Waals surface area contributed by atoms with Crippen molar-refractivity contribution in [2.75, 3.05) is 7.05 Å². The van der Waals surface area contributed by atoms with E-state index in [-0.39, 0.29) is 29.8 Å². The van der Waals surface area contributed by atoms with Crippen LogP contribution >= 0.6 is 24.0 Å². The first-order chi connectivity index (χ1) is 12.2. The van der Waals surface area contributed by atoms with Gasteiger partial charge in [0.15, 0.2) is 5.96 Å². The van der Waals surface area contributed by atoms with Crippen LogP contribution in [0.4, 0.5) is 4.39 Å². The van der Waals surface area contributed by atoms with Crippen LogP contribution in [-0.2, 0) is 6.54 Å². The lowest BCUT2D eigenvalue weighted by atomic mass is 10.2. The van der Waals surface area contributed by atoms with E-state index in [0.29, 0.717) is 24.2 Å². The average molecular weight is 470 g/mol. The summed E-state index contributed by atoms with van der Waals surface area (Å²) in [6, 6.07) is 10.3. The maximum Gasteiger partial charge on any atom is 0.224 e. The number of nitrogens with zero attached hydrogens (tertiary/aromatic N) is 2. The number of rotatable bonds is 5. The molecule has 0 atom stereocenters. The van der Waals surface area contributed by atoms with Crippen LogP contribution in [0.5, 0.6) is 11.6 Å². The van der Waals surface area contributed by atoms with Gasteiger partial charge in [0.05, 0.1) is 0 Å². The van der Waals surface area contributed by atoms with E-state index in [1.807, 2.05) is 12.1 Å². The quantitative estimate of drug-likeness (QED) is 0.390. The minimum Gasteiger partial charge on any atom is -0.439 e. The number of hydrogen-bond acceptors (Lipinski definition) is 3. The third-order valence-electron chi connectivity index (χ3n) is 4.23. The molecule has 3 rings (SSSR count). The molecule has 1 aromatic heterocycles. The molecule has 5 nitrogen and oxygen atoms in total. The first-order valence-corrected chi connectivity index (χ1v) is 8.59. The van der Waals surface area contributed by atoms with Gasteiger partial charge in [0.25, 0.3) is 0 Å². The molecule has 1 heterocycles. The van der Waals surface area contributed by atoms with Gasteiger partial charge in [-0.3, -0.25) is 4.99 Å². The Hall–Kier alpha value is -1.90. The number of benzene rings is 1. The predicted molar refractivity (Wildman–Crippen MR) is 112 cm³/mol. The maximum atomic E-state index is 13.3. The van der Waals surface area contributed by atoms with Gasteiger partial charge in [-0.1, -0.05) is 25.0 Å². The van der Waals surface area contributed by atoms with Crippen molar-refractivity contribution in [3.05, 3.63) is 54.0 Å². The zero-order chi connectivity index (χ0) is 17.5. The SMILES string of the molecule is CN=C(NCc1cccnc1Oc1cccc(F)c1)NC1CCCC1.I. The molecule has 1 saturated carbocycles. The summed E-state index contributed by atoms with van der Waals surface area (Å²) in [6.07, 6.45) is 6.55. The van der Waals surface area contributed by atoms with E-state index in [9.17, 15) is 4.39 Å². The van der Waals surface area contributed by atoms with Crippen molar-refractivity contribution < 1.29 is 9.13 Å². The van der Waals surface area contributed by atoms with E-state index in [0.717, 1.165) is 11.5 Å². The number of guanidine groups is 1. The van der Waals surface area contributed by atoms with E-state index >= 15 is 0 Å². The lowest BCUT2D eigenvalue weighted by Gasteiger charge is -2.17. The van der Waals surface area contributed by atoms with Gasteiger partial charge in [-0.25, -0.2) is 9.37 Å². The molecule has 0 unspecified atom stereocenters. The molecule has 140 valence electrons. The highest BCUT2D eigenvalue weighted by atomic mass is 127. The Kier molecular flexibility index (Phi) is 8.08. The molecule has 0 bridgehead atoms. The van der Waals surface area contributed by atoms with Crippen molar-refractivity contribution in [2.24, 2.45) is 4.99 Å². The van der Waals surface area contributed by atoms with Gasteiger partial charge in [-0.15, -0.1) is 24.0 Å². The summed E-state index contributed by atoms with van der Waals surface area (Å²) in [4.78, 5) is 8.54. The van der Waals surface area contributed by atoms with Crippen LogP contribution < -0.4 is 15.4 Å². The predicted octanol–water partition coefficient (Wildman–Crippen LogP) is 4.24. The lowest BCUT2D eigenvalue weighted by molar-refractivity contribution is 0.450. The summed E-state index contributed by atoms with van der Waals surface area (Å²) in [6.45, 7) is 0.519. The number of nitrogens with one attached hydrogen (secondary N) is 2. The highest BCUT2D eigenvalue weighted by Crippen LogP contribution is 2.23. The van der Waals surface area contributed by atoms with Crippen LogP contribution in [0.1, 0.15) is 31.2 Å². The summed E-state index contributed by atoms with van der Waals surface area (Å²) in [7, 11) is 1.76. The second-order valence-electron chi connectivity index (χ2n) is 6.08. The number of aromatic nitrogens is 1. The monoisotopic (exact) mass is 470 g/mol. The third-order valence-corrected chi connectivity index (χ3v) is 4.23. The van der Waals surface area contributed by atoms with Gasteiger partial charge in [0.2, 0.25) is 5.88 Å². The topological polar surface area (TPSA) is 58.5 Å². The molecule has 2 N–H and O–H groups in total. The third kappa shape index (κ3) is 5.82. The first-order valence-electron chi connectivity index (χ1n) is 8.59. The van der Waals surface area contributed by atoms with E-state index in [4.69, 9.17) is 4.74 Å². The highest BCUT2D eigenvalue weighted by molar-refractivity contribution is 14.0. The molecule has 0 amide bonds. The minimum atomic E-state index is -0.339. The van der Waals surface area contributed by atoms with E-state index in [2.05, 4.69) is 20.6 Å². The maximum absolute atomic E-state index is 13.3. The number of halogens is 2. The smallest absolute Gasteiger partial charge is 0.224 e. The Morgan fingerprint density at radius 3 is 2.81 bits per heavy atom. The Morgan fingerprint density at radius 2 is 2.08 bits per heavy atom. The van der Waals surface area contributed by atoms with Crippen LogP contribution in [0.15, 0.2) is 47.6 Å². The second-order valence-corrected chi connectivity index (χ2v) is 6.08. The van der Waals surface area contributed by atoms with Crippen molar-refractivity contribution in [3.63, 3.8) is 0 Å². The van der Waals surface area contributed by atoms with Gasteiger partial charge >= 0.3 is 0 Å². The van der Waals surface area contributed by atoms with Gasteiger partial charge < -0.3 is 15.4 Å². The summed E-state index contributed by atoms with van der Waals surface area (Å²) >= 11 is 0.